The second-order valence-corrected chi connectivity index (χ2v) is 5.13. The van der Waals surface area contributed by atoms with Crippen LogP contribution in [0.15, 0.2) is 0 Å². The Kier molecular flexibility index (Phi) is 7.26. The molecule has 2 aliphatic rings. The molecule has 2 amide bonds. The van der Waals surface area contributed by atoms with Crippen LogP contribution in [-0.2, 0) is 9.59 Å². The molecule has 20 heavy (non-hydrogen) atoms. The molecule has 0 aromatic carbocycles. The van der Waals surface area contributed by atoms with Gasteiger partial charge in [0, 0.05) is 52.2 Å². The van der Waals surface area contributed by atoms with Crippen LogP contribution >= 0.6 is 12.4 Å². The maximum atomic E-state index is 12.1. The van der Waals surface area contributed by atoms with E-state index >= 15 is 0 Å². The minimum atomic E-state index is -0.0652. The summed E-state index contributed by atoms with van der Waals surface area (Å²) in [5.41, 5.74) is 0. The minimum Gasteiger partial charge on any atom is -0.353 e. The number of hydrogen-bond acceptors (Lipinski definition) is 4. The predicted molar refractivity (Wildman–Crippen MR) is 80.0 cm³/mol. The van der Waals surface area contributed by atoms with E-state index in [1.54, 1.807) is 0 Å². The fourth-order valence-electron chi connectivity index (χ4n) is 2.79. The fourth-order valence-corrected chi connectivity index (χ4v) is 2.79. The van der Waals surface area contributed by atoms with Gasteiger partial charge in [-0.2, -0.15) is 0 Å². The average molecular weight is 305 g/mol. The Labute approximate surface area is 126 Å². The van der Waals surface area contributed by atoms with E-state index in [0.717, 1.165) is 39.1 Å². The Morgan fingerprint density at radius 1 is 1.25 bits per heavy atom. The highest BCUT2D eigenvalue weighted by Crippen LogP contribution is 2.09. The first-order valence-corrected chi connectivity index (χ1v) is 7.22. The quantitative estimate of drug-likeness (QED) is 0.731. The first-order valence-electron chi connectivity index (χ1n) is 7.22. The van der Waals surface area contributed by atoms with Crippen molar-refractivity contribution in [2.45, 2.75) is 25.8 Å². The summed E-state index contributed by atoms with van der Waals surface area (Å²) in [5, 5.41) is 6.12. The highest BCUT2D eigenvalue weighted by molar-refractivity contribution is 5.85. The van der Waals surface area contributed by atoms with E-state index in [2.05, 4.69) is 15.5 Å². The van der Waals surface area contributed by atoms with Crippen molar-refractivity contribution in [3.05, 3.63) is 0 Å². The van der Waals surface area contributed by atoms with E-state index < -0.39 is 0 Å². The molecule has 0 bridgehead atoms. The van der Waals surface area contributed by atoms with Crippen molar-refractivity contribution in [3.63, 3.8) is 0 Å². The second-order valence-electron chi connectivity index (χ2n) is 5.13. The van der Waals surface area contributed by atoms with Gasteiger partial charge in [-0.1, -0.05) is 6.92 Å². The van der Waals surface area contributed by atoms with Crippen molar-refractivity contribution in [1.82, 2.24) is 20.4 Å². The van der Waals surface area contributed by atoms with Crippen LogP contribution in [0.2, 0.25) is 0 Å². The number of hydrogen-bond donors (Lipinski definition) is 2. The van der Waals surface area contributed by atoms with Crippen LogP contribution in [-0.4, -0.2) is 73.5 Å². The van der Waals surface area contributed by atoms with Crippen LogP contribution in [0.1, 0.15) is 19.8 Å². The molecule has 0 radical (unpaired) electrons. The zero-order valence-electron chi connectivity index (χ0n) is 12.1. The summed E-state index contributed by atoms with van der Waals surface area (Å²) in [6.45, 7) is 7.61. The van der Waals surface area contributed by atoms with Crippen LogP contribution in [0.3, 0.4) is 0 Å². The van der Waals surface area contributed by atoms with Gasteiger partial charge >= 0.3 is 0 Å². The standard InChI is InChI=1S/C13H24N4O2.ClH/c1-2-11-13(19)15-6-10-16(11)7-3-12(18)17-8-4-14-5-9-17;/h11,14H,2-10H2,1H3,(H,15,19);1H. The summed E-state index contributed by atoms with van der Waals surface area (Å²) in [7, 11) is 0. The molecule has 0 spiro atoms. The predicted octanol–water partition coefficient (Wildman–Crippen LogP) is -0.559. The van der Waals surface area contributed by atoms with Crippen LogP contribution in [0.5, 0.6) is 0 Å². The molecule has 2 N–H and O–H groups in total. The van der Waals surface area contributed by atoms with Gasteiger partial charge in [0.2, 0.25) is 11.8 Å². The maximum Gasteiger partial charge on any atom is 0.237 e. The van der Waals surface area contributed by atoms with E-state index in [9.17, 15) is 9.59 Å². The summed E-state index contributed by atoms with van der Waals surface area (Å²) in [4.78, 5) is 27.9. The SMILES string of the molecule is CCC1C(=O)NCCN1CCC(=O)N1CCNCC1.Cl. The molecule has 1 atom stereocenters. The molecule has 2 aliphatic heterocycles. The molecule has 2 heterocycles. The van der Waals surface area contributed by atoms with Gasteiger partial charge in [0.15, 0.2) is 0 Å². The van der Waals surface area contributed by atoms with Gasteiger partial charge in [-0.05, 0) is 6.42 Å². The van der Waals surface area contributed by atoms with Crippen molar-refractivity contribution < 1.29 is 9.59 Å². The summed E-state index contributed by atoms with van der Waals surface area (Å²) in [6, 6.07) is -0.0652. The maximum absolute atomic E-state index is 12.1. The van der Waals surface area contributed by atoms with E-state index in [1.807, 2.05) is 11.8 Å². The van der Waals surface area contributed by atoms with E-state index in [4.69, 9.17) is 0 Å². The van der Waals surface area contributed by atoms with Crippen molar-refractivity contribution in [2.75, 3.05) is 45.8 Å². The number of piperazine rings is 2. The van der Waals surface area contributed by atoms with Crippen molar-refractivity contribution in [2.24, 2.45) is 0 Å². The summed E-state index contributed by atoms with van der Waals surface area (Å²) >= 11 is 0. The molecule has 0 saturated carbocycles. The Balaban J connectivity index is 0.00000200. The molecule has 7 heteroatoms. The van der Waals surface area contributed by atoms with Gasteiger partial charge in [0.25, 0.3) is 0 Å². The average Bonchev–Trinajstić information content (AvgIpc) is 2.45. The molecule has 0 aliphatic carbocycles. The van der Waals surface area contributed by atoms with Crippen LogP contribution in [0.25, 0.3) is 0 Å². The Hall–Kier alpha value is -0.850. The van der Waals surface area contributed by atoms with Gasteiger partial charge in [0.05, 0.1) is 6.04 Å². The first kappa shape index (κ1) is 17.2. The number of nitrogens with zero attached hydrogens (tertiary/aromatic N) is 2. The fraction of sp³-hybridized carbons (Fsp3) is 0.846. The van der Waals surface area contributed by atoms with Gasteiger partial charge in [-0.3, -0.25) is 14.5 Å². The molecular formula is C13H25ClN4O2. The van der Waals surface area contributed by atoms with Crippen LogP contribution < -0.4 is 10.6 Å². The summed E-state index contributed by atoms with van der Waals surface area (Å²) < 4.78 is 0. The molecule has 0 aromatic heterocycles. The van der Waals surface area contributed by atoms with Crippen LogP contribution in [0.4, 0.5) is 0 Å². The van der Waals surface area contributed by atoms with Crippen molar-refractivity contribution in [1.29, 1.82) is 0 Å². The summed E-state index contributed by atoms with van der Waals surface area (Å²) in [5.74, 6) is 0.311. The number of halogens is 1. The number of amides is 2. The van der Waals surface area contributed by atoms with Crippen molar-refractivity contribution >= 4 is 24.2 Å². The van der Waals surface area contributed by atoms with E-state index in [-0.39, 0.29) is 30.3 Å². The smallest absolute Gasteiger partial charge is 0.237 e. The Morgan fingerprint density at radius 3 is 2.60 bits per heavy atom. The van der Waals surface area contributed by atoms with Gasteiger partial charge in [-0.25, -0.2) is 0 Å². The molecule has 6 nitrogen and oxygen atoms in total. The molecular weight excluding hydrogens is 280 g/mol. The molecule has 116 valence electrons. The lowest BCUT2D eigenvalue weighted by Crippen LogP contribution is -2.55. The third-order valence-electron chi connectivity index (χ3n) is 3.91. The third kappa shape index (κ3) is 4.33. The first-order chi connectivity index (χ1) is 9.22. The minimum absolute atomic E-state index is 0. The normalized spacial score (nSPS) is 23.9. The third-order valence-corrected chi connectivity index (χ3v) is 3.91. The van der Waals surface area contributed by atoms with Gasteiger partial charge < -0.3 is 15.5 Å². The van der Waals surface area contributed by atoms with Crippen molar-refractivity contribution in [3.8, 4) is 0 Å². The molecule has 2 saturated heterocycles. The number of rotatable bonds is 4. The largest absolute Gasteiger partial charge is 0.353 e. The molecule has 2 fully saturated rings. The van der Waals surface area contributed by atoms with Gasteiger partial charge in [0.1, 0.15) is 0 Å². The van der Waals surface area contributed by atoms with Crippen LogP contribution in [0, 0.1) is 0 Å². The highest BCUT2D eigenvalue weighted by atomic mass is 35.5. The van der Waals surface area contributed by atoms with E-state index in [0.29, 0.717) is 19.5 Å². The molecule has 2 rings (SSSR count). The summed E-state index contributed by atoms with van der Waals surface area (Å²) in [6.07, 6.45) is 1.32. The zero-order valence-corrected chi connectivity index (χ0v) is 12.9. The Bertz CT molecular complexity index is 334. The number of nitrogens with one attached hydrogen (secondary N) is 2. The Morgan fingerprint density at radius 2 is 1.95 bits per heavy atom. The lowest BCUT2D eigenvalue weighted by Gasteiger charge is -2.35. The topological polar surface area (TPSA) is 64.7 Å². The lowest BCUT2D eigenvalue weighted by molar-refractivity contribution is -0.134. The second kappa shape index (κ2) is 8.44. The molecule has 0 aromatic rings. The number of carbonyl (C=O) groups excluding carboxylic acids is 2. The van der Waals surface area contributed by atoms with Gasteiger partial charge in [-0.15, -0.1) is 12.4 Å². The lowest BCUT2D eigenvalue weighted by atomic mass is 10.1. The molecule has 1 unspecified atom stereocenters. The number of carbonyl (C=O) groups is 2. The van der Waals surface area contributed by atoms with E-state index in [1.165, 1.54) is 0 Å². The zero-order chi connectivity index (χ0) is 13.7. The monoisotopic (exact) mass is 304 g/mol. The highest BCUT2D eigenvalue weighted by Gasteiger charge is 2.28.